The summed E-state index contributed by atoms with van der Waals surface area (Å²) in [6, 6.07) is 21.2. The van der Waals surface area contributed by atoms with Crippen LogP contribution >= 0.6 is 0 Å². The molecule has 0 radical (unpaired) electrons. The second-order valence-electron chi connectivity index (χ2n) is 13.5. The van der Waals surface area contributed by atoms with E-state index >= 15 is 0 Å². The summed E-state index contributed by atoms with van der Waals surface area (Å²) in [6.07, 6.45) is 1.23. The van der Waals surface area contributed by atoms with Crippen molar-refractivity contribution in [3.05, 3.63) is 100 Å². The number of piperidine rings is 1. The summed E-state index contributed by atoms with van der Waals surface area (Å²) in [5.41, 5.74) is 8.97. The van der Waals surface area contributed by atoms with Gasteiger partial charge >= 0.3 is 5.97 Å². The lowest BCUT2D eigenvalue weighted by Gasteiger charge is -2.35. The van der Waals surface area contributed by atoms with E-state index in [4.69, 9.17) is 15.6 Å². The van der Waals surface area contributed by atoms with E-state index in [1.807, 2.05) is 24.3 Å². The number of amides is 1. The van der Waals surface area contributed by atoms with E-state index in [2.05, 4.69) is 35.2 Å². The summed E-state index contributed by atoms with van der Waals surface area (Å²) in [5, 5.41) is 11.2. The number of methoxy groups -OCH3 is 1. The summed E-state index contributed by atoms with van der Waals surface area (Å²) in [5.74, 6) is -4.54. The SMILES string of the molecule is COc1cc(CN2CCC(C)(F)CC2)ccc1-c1cccc2c(CCC(=O)O)cccc12.Cc1cc(C2CC(F)(F)C2)cc(F)c1C(N)=O. The number of carboxylic acids is 1. The van der Waals surface area contributed by atoms with Crippen molar-refractivity contribution < 1.29 is 37.0 Å². The number of aliphatic carboxylic acids is 1. The van der Waals surface area contributed by atoms with Gasteiger partial charge in [0.05, 0.1) is 12.7 Å². The molecule has 0 spiro atoms. The van der Waals surface area contributed by atoms with Gasteiger partial charge < -0.3 is 15.6 Å². The lowest BCUT2D eigenvalue weighted by molar-refractivity contribution is -0.136. The predicted octanol–water partition coefficient (Wildman–Crippen LogP) is 8.60. The summed E-state index contributed by atoms with van der Waals surface area (Å²) in [4.78, 5) is 24.3. The fourth-order valence-electron chi connectivity index (χ4n) is 6.78. The number of hydrogen-bond donors (Lipinski definition) is 2. The summed E-state index contributed by atoms with van der Waals surface area (Å²) < 4.78 is 58.9. The molecule has 1 aliphatic heterocycles. The number of alkyl halides is 3. The molecule has 2 aliphatic rings. The molecule has 10 heteroatoms. The average molecular weight is 679 g/mol. The van der Waals surface area contributed by atoms with Crippen LogP contribution in [0.4, 0.5) is 17.6 Å². The van der Waals surface area contributed by atoms with Crippen LogP contribution in [0.5, 0.6) is 5.75 Å². The number of rotatable bonds is 9. The highest BCUT2D eigenvalue weighted by molar-refractivity contribution is 5.99. The molecule has 1 saturated carbocycles. The Balaban J connectivity index is 0.000000232. The minimum absolute atomic E-state index is 0.111. The van der Waals surface area contributed by atoms with Gasteiger partial charge in [0, 0.05) is 44.5 Å². The Kier molecular flexibility index (Phi) is 10.7. The van der Waals surface area contributed by atoms with Crippen molar-refractivity contribution in [2.75, 3.05) is 20.2 Å². The van der Waals surface area contributed by atoms with Crippen molar-refractivity contribution in [1.82, 2.24) is 4.90 Å². The minimum Gasteiger partial charge on any atom is -0.496 e. The first-order valence-corrected chi connectivity index (χ1v) is 16.4. The Hall–Kier alpha value is -4.44. The Morgan fingerprint density at radius 2 is 1.63 bits per heavy atom. The quantitative estimate of drug-likeness (QED) is 0.173. The van der Waals surface area contributed by atoms with Crippen LogP contribution in [-0.2, 0) is 17.8 Å². The maximum Gasteiger partial charge on any atom is 0.303 e. The standard InChI is InChI=1S/C27H30FNO3.C12H12F3NO/c1-27(28)13-15-29(16-14-27)18-19-9-11-24(25(17-19)32-2)23-8-4-6-21-20(10-12-26(30)31)5-3-7-22(21)23;1-6-2-7(8-4-12(14,15)5-8)3-9(13)10(6)11(16)17/h3-9,11,17H,10,12-16,18H2,1-2H3,(H,30,31);2-3,8H,4-5H2,1H3,(H2,16,17). The highest BCUT2D eigenvalue weighted by atomic mass is 19.3. The van der Waals surface area contributed by atoms with Crippen LogP contribution in [-0.4, -0.2) is 53.7 Å². The van der Waals surface area contributed by atoms with Gasteiger partial charge in [0.2, 0.25) is 5.92 Å². The van der Waals surface area contributed by atoms with Crippen molar-refractivity contribution >= 4 is 22.6 Å². The van der Waals surface area contributed by atoms with Crippen LogP contribution in [0.2, 0.25) is 0 Å². The third kappa shape index (κ3) is 8.60. The first-order chi connectivity index (χ1) is 23.2. The molecule has 1 saturated heterocycles. The third-order valence-electron chi connectivity index (χ3n) is 9.60. The maximum atomic E-state index is 14.1. The lowest BCUT2D eigenvalue weighted by Crippen LogP contribution is -2.39. The number of likely N-dealkylation sites (tertiary alicyclic amines) is 1. The van der Waals surface area contributed by atoms with Crippen molar-refractivity contribution in [2.24, 2.45) is 5.73 Å². The number of primary amides is 1. The van der Waals surface area contributed by atoms with E-state index < -0.39 is 29.3 Å². The van der Waals surface area contributed by atoms with E-state index in [9.17, 15) is 27.2 Å². The lowest BCUT2D eigenvalue weighted by atomic mass is 9.76. The largest absolute Gasteiger partial charge is 0.496 e. The number of hydrogen-bond acceptors (Lipinski definition) is 4. The monoisotopic (exact) mass is 678 g/mol. The molecule has 0 atom stereocenters. The van der Waals surface area contributed by atoms with Crippen molar-refractivity contribution in [2.45, 2.75) is 76.4 Å². The van der Waals surface area contributed by atoms with E-state index in [0.29, 0.717) is 30.4 Å². The second-order valence-corrected chi connectivity index (χ2v) is 13.5. The molecule has 49 heavy (non-hydrogen) atoms. The second kappa shape index (κ2) is 14.6. The molecular weight excluding hydrogens is 636 g/mol. The van der Waals surface area contributed by atoms with Gasteiger partial charge in [-0.25, -0.2) is 17.6 Å². The Bertz CT molecular complexity index is 1820. The fourth-order valence-corrected chi connectivity index (χ4v) is 6.78. The number of nitrogens with zero attached hydrogens (tertiary/aromatic N) is 1. The van der Waals surface area contributed by atoms with E-state index in [0.717, 1.165) is 64.5 Å². The minimum atomic E-state index is -2.64. The van der Waals surface area contributed by atoms with Crippen LogP contribution in [0.25, 0.3) is 21.9 Å². The zero-order valence-electron chi connectivity index (χ0n) is 28.0. The number of fused-ring (bicyclic) bond motifs is 1. The van der Waals surface area contributed by atoms with Crippen LogP contribution in [0.3, 0.4) is 0 Å². The van der Waals surface area contributed by atoms with E-state index in [1.165, 1.54) is 0 Å². The Morgan fingerprint density at radius 1 is 0.959 bits per heavy atom. The molecule has 1 heterocycles. The van der Waals surface area contributed by atoms with Gasteiger partial charge in [-0.05, 0) is 89.8 Å². The number of benzene rings is 4. The molecule has 3 N–H and O–H groups in total. The number of ether oxygens (including phenoxy) is 1. The first-order valence-electron chi connectivity index (χ1n) is 16.4. The highest BCUT2D eigenvalue weighted by Gasteiger charge is 2.46. The van der Waals surface area contributed by atoms with Gasteiger partial charge in [-0.2, -0.15) is 0 Å². The summed E-state index contributed by atoms with van der Waals surface area (Å²) in [6.45, 7) is 5.55. The highest BCUT2D eigenvalue weighted by Crippen LogP contribution is 2.48. The first kappa shape index (κ1) is 35.9. The van der Waals surface area contributed by atoms with Gasteiger partial charge in [0.25, 0.3) is 5.91 Å². The van der Waals surface area contributed by atoms with E-state index in [1.54, 1.807) is 27.0 Å². The van der Waals surface area contributed by atoms with Gasteiger partial charge in [0.15, 0.2) is 0 Å². The normalized spacial score (nSPS) is 17.1. The topological polar surface area (TPSA) is 92.9 Å². The van der Waals surface area contributed by atoms with Gasteiger partial charge in [-0.1, -0.05) is 54.6 Å². The van der Waals surface area contributed by atoms with E-state index in [-0.39, 0.29) is 30.7 Å². The number of carboxylic acid groups (broad SMARTS) is 1. The number of carbonyl (C=O) groups excluding carboxylic acids is 1. The molecular formula is C39H42F4N2O4. The predicted molar refractivity (Wildman–Crippen MR) is 182 cm³/mol. The average Bonchev–Trinajstić information content (AvgIpc) is 3.03. The molecule has 4 aromatic carbocycles. The fraction of sp³-hybridized carbons (Fsp3) is 0.385. The Labute approximate surface area is 283 Å². The van der Waals surface area contributed by atoms with Crippen molar-refractivity contribution in [3.8, 4) is 16.9 Å². The molecule has 6 nitrogen and oxygen atoms in total. The molecule has 260 valence electrons. The zero-order chi connectivity index (χ0) is 35.5. The molecule has 1 aliphatic carbocycles. The van der Waals surface area contributed by atoms with Crippen molar-refractivity contribution in [1.29, 1.82) is 0 Å². The maximum absolute atomic E-state index is 14.1. The number of carbonyl (C=O) groups is 2. The van der Waals surface area contributed by atoms with Gasteiger partial charge in [-0.15, -0.1) is 0 Å². The number of aryl methyl sites for hydroxylation is 2. The van der Waals surface area contributed by atoms with Gasteiger partial charge in [-0.3, -0.25) is 14.5 Å². The molecule has 2 fully saturated rings. The van der Waals surface area contributed by atoms with Crippen LogP contribution in [0.15, 0.2) is 66.7 Å². The summed E-state index contributed by atoms with van der Waals surface area (Å²) in [7, 11) is 1.68. The summed E-state index contributed by atoms with van der Waals surface area (Å²) >= 11 is 0. The molecule has 0 bridgehead atoms. The Morgan fingerprint density at radius 3 is 2.24 bits per heavy atom. The van der Waals surface area contributed by atoms with Crippen molar-refractivity contribution in [3.63, 3.8) is 0 Å². The smallest absolute Gasteiger partial charge is 0.303 e. The zero-order valence-corrected chi connectivity index (χ0v) is 28.0. The molecule has 4 aromatic rings. The third-order valence-corrected chi connectivity index (χ3v) is 9.60. The number of halogens is 4. The number of nitrogens with two attached hydrogens (primary N) is 1. The van der Waals surface area contributed by atoms with Gasteiger partial charge in [0.1, 0.15) is 17.2 Å². The van der Waals surface area contributed by atoms with Crippen LogP contribution < -0.4 is 10.5 Å². The van der Waals surface area contributed by atoms with Crippen LogP contribution in [0.1, 0.15) is 77.6 Å². The molecule has 0 unspecified atom stereocenters. The molecule has 6 rings (SSSR count). The van der Waals surface area contributed by atoms with Crippen LogP contribution in [0, 0.1) is 12.7 Å². The molecule has 0 aromatic heterocycles. The molecule has 1 amide bonds.